The van der Waals surface area contributed by atoms with Gasteiger partial charge in [0.25, 0.3) is 5.91 Å². The smallest absolute Gasteiger partial charge is 0.349 e. The van der Waals surface area contributed by atoms with Crippen LogP contribution in [0, 0.1) is 5.82 Å². The highest BCUT2D eigenvalue weighted by Crippen LogP contribution is 2.32. The van der Waals surface area contributed by atoms with Crippen LogP contribution in [0.15, 0.2) is 24.3 Å². The van der Waals surface area contributed by atoms with Crippen molar-refractivity contribution < 1.29 is 22.4 Å². The molecule has 1 heterocycles. The summed E-state index contributed by atoms with van der Waals surface area (Å²) in [5, 5.41) is 8.93. The molecule has 0 radical (unpaired) electrons. The Labute approximate surface area is 134 Å². The highest BCUT2D eigenvalue weighted by atomic mass is 19.4. The van der Waals surface area contributed by atoms with Gasteiger partial charge in [-0.1, -0.05) is 11.3 Å². The predicted molar refractivity (Wildman–Crippen MR) is 76.9 cm³/mol. The van der Waals surface area contributed by atoms with Gasteiger partial charge in [0.15, 0.2) is 11.4 Å². The SMILES string of the molecule is CC(C)(N)CNC(=O)c1nnn(-c2cccc(F)c2)c1C(F)(F)F. The highest BCUT2D eigenvalue weighted by Gasteiger charge is 2.42. The van der Waals surface area contributed by atoms with Crippen molar-refractivity contribution in [1.29, 1.82) is 0 Å². The molecular weight excluding hydrogens is 330 g/mol. The van der Waals surface area contributed by atoms with Crippen LogP contribution in [0.25, 0.3) is 5.69 Å². The molecule has 1 aromatic heterocycles. The van der Waals surface area contributed by atoms with Crippen molar-refractivity contribution in [3.63, 3.8) is 0 Å². The number of nitrogens with zero attached hydrogens (tertiary/aromatic N) is 3. The van der Waals surface area contributed by atoms with E-state index in [4.69, 9.17) is 5.73 Å². The molecule has 10 heteroatoms. The molecule has 1 aromatic carbocycles. The summed E-state index contributed by atoms with van der Waals surface area (Å²) in [6, 6.07) is 4.38. The maximum absolute atomic E-state index is 13.4. The van der Waals surface area contributed by atoms with E-state index in [1.807, 2.05) is 0 Å². The Morgan fingerprint density at radius 3 is 2.54 bits per heavy atom. The Bertz CT molecular complexity index is 748. The monoisotopic (exact) mass is 345 g/mol. The summed E-state index contributed by atoms with van der Waals surface area (Å²) in [7, 11) is 0. The average molecular weight is 345 g/mol. The Kier molecular flexibility index (Phi) is 4.61. The molecule has 0 unspecified atom stereocenters. The third-order valence-corrected chi connectivity index (χ3v) is 2.91. The minimum absolute atomic E-state index is 0.0596. The molecule has 2 aromatic rings. The lowest BCUT2D eigenvalue weighted by molar-refractivity contribution is -0.143. The largest absolute Gasteiger partial charge is 0.435 e. The molecule has 6 nitrogen and oxygen atoms in total. The van der Waals surface area contributed by atoms with Gasteiger partial charge in [0.2, 0.25) is 0 Å². The van der Waals surface area contributed by atoms with Crippen molar-refractivity contribution in [1.82, 2.24) is 20.3 Å². The molecule has 3 N–H and O–H groups in total. The van der Waals surface area contributed by atoms with Gasteiger partial charge in [0, 0.05) is 12.1 Å². The Morgan fingerprint density at radius 1 is 1.33 bits per heavy atom. The van der Waals surface area contributed by atoms with Gasteiger partial charge in [-0.25, -0.2) is 9.07 Å². The molecule has 2 rings (SSSR count). The van der Waals surface area contributed by atoms with Gasteiger partial charge in [0.05, 0.1) is 5.69 Å². The van der Waals surface area contributed by atoms with Crippen molar-refractivity contribution in [2.75, 3.05) is 6.54 Å². The number of carbonyl (C=O) groups is 1. The summed E-state index contributed by atoms with van der Waals surface area (Å²) in [5.41, 5.74) is 2.37. The molecule has 0 atom stereocenters. The van der Waals surface area contributed by atoms with E-state index in [-0.39, 0.29) is 12.2 Å². The first-order valence-corrected chi connectivity index (χ1v) is 6.85. The second-order valence-electron chi connectivity index (χ2n) is 5.85. The number of nitrogens with one attached hydrogen (secondary N) is 1. The van der Waals surface area contributed by atoms with Gasteiger partial charge in [-0.2, -0.15) is 13.2 Å². The molecule has 1 amide bonds. The van der Waals surface area contributed by atoms with E-state index in [1.165, 1.54) is 12.1 Å². The zero-order valence-electron chi connectivity index (χ0n) is 12.9. The first-order valence-electron chi connectivity index (χ1n) is 6.85. The number of hydrogen-bond acceptors (Lipinski definition) is 4. The molecule has 0 aliphatic heterocycles. The lowest BCUT2D eigenvalue weighted by Crippen LogP contribution is -2.45. The number of carbonyl (C=O) groups excluding carboxylic acids is 1. The molecule has 0 saturated carbocycles. The molecular formula is C14H15F4N5O. The zero-order chi connectivity index (χ0) is 18.1. The second kappa shape index (κ2) is 6.19. The van der Waals surface area contributed by atoms with Crippen LogP contribution in [0.1, 0.15) is 30.0 Å². The fourth-order valence-electron chi connectivity index (χ4n) is 1.87. The number of rotatable bonds is 4. The van der Waals surface area contributed by atoms with Crippen LogP contribution < -0.4 is 11.1 Å². The van der Waals surface area contributed by atoms with Crippen LogP contribution in [-0.4, -0.2) is 33.0 Å². The number of hydrogen-bond donors (Lipinski definition) is 2. The summed E-state index contributed by atoms with van der Waals surface area (Å²) in [5.74, 6) is -1.81. The van der Waals surface area contributed by atoms with Crippen molar-refractivity contribution in [2.24, 2.45) is 5.73 Å². The predicted octanol–water partition coefficient (Wildman–Crippen LogP) is 1.89. The van der Waals surface area contributed by atoms with Crippen LogP contribution in [0.4, 0.5) is 17.6 Å². The fraction of sp³-hybridized carbons (Fsp3) is 0.357. The minimum atomic E-state index is -4.92. The number of halogens is 4. The summed E-state index contributed by atoms with van der Waals surface area (Å²) < 4.78 is 53.7. The first kappa shape index (κ1) is 17.9. The highest BCUT2D eigenvalue weighted by molar-refractivity contribution is 5.93. The number of benzene rings is 1. The van der Waals surface area contributed by atoms with Gasteiger partial charge < -0.3 is 11.1 Å². The van der Waals surface area contributed by atoms with Crippen LogP contribution in [0.2, 0.25) is 0 Å². The molecule has 0 aliphatic carbocycles. The maximum atomic E-state index is 13.4. The average Bonchev–Trinajstić information content (AvgIpc) is 2.89. The van der Waals surface area contributed by atoms with Crippen molar-refractivity contribution in [2.45, 2.75) is 25.6 Å². The van der Waals surface area contributed by atoms with E-state index < -0.39 is 34.8 Å². The zero-order valence-corrected chi connectivity index (χ0v) is 12.9. The molecule has 0 bridgehead atoms. The van der Waals surface area contributed by atoms with E-state index in [9.17, 15) is 22.4 Å². The van der Waals surface area contributed by atoms with Crippen molar-refractivity contribution >= 4 is 5.91 Å². The van der Waals surface area contributed by atoms with Gasteiger partial charge >= 0.3 is 6.18 Å². The van der Waals surface area contributed by atoms with Crippen molar-refractivity contribution in [3.8, 4) is 5.69 Å². The van der Waals surface area contributed by atoms with Crippen molar-refractivity contribution in [3.05, 3.63) is 41.5 Å². The molecule has 130 valence electrons. The molecule has 0 spiro atoms. The lowest BCUT2D eigenvalue weighted by atomic mass is 10.1. The normalized spacial score (nSPS) is 12.3. The van der Waals surface area contributed by atoms with E-state index in [1.54, 1.807) is 13.8 Å². The summed E-state index contributed by atoms with van der Waals surface area (Å²) in [4.78, 5) is 12.0. The second-order valence-corrected chi connectivity index (χ2v) is 5.85. The number of amides is 1. The van der Waals surface area contributed by atoms with Gasteiger partial charge in [-0.15, -0.1) is 5.10 Å². The van der Waals surface area contributed by atoms with Gasteiger partial charge in [-0.05, 0) is 32.0 Å². The van der Waals surface area contributed by atoms with Crippen LogP contribution in [-0.2, 0) is 6.18 Å². The quantitative estimate of drug-likeness (QED) is 0.829. The Hall–Kier alpha value is -2.49. The first-order chi connectivity index (χ1) is 11.0. The third-order valence-electron chi connectivity index (χ3n) is 2.91. The lowest BCUT2D eigenvalue weighted by Gasteiger charge is -2.18. The van der Waals surface area contributed by atoms with Gasteiger partial charge in [-0.3, -0.25) is 4.79 Å². The number of alkyl halides is 3. The minimum Gasteiger partial charge on any atom is -0.349 e. The molecule has 24 heavy (non-hydrogen) atoms. The van der Waals surface area contributed by atoms with E-state index >= 15 is 0 Å². The Morgan fingerprint density at radius 2 is 2.00 bits per heavy atom. The number of aromatic nitrogens is 3. The summed E-state index contributed by atoms with van der Waals surface area (Å²) >= 11 is 0. The summed E-state index contributed by atoms with van der Waals surface area (Å²) in [6.45, 7) is 3.14. The van der Waals surface area contributed by atoms with Crippen LogP contribution in [0.3, 0.4) is 0 Å². The molecule has 0 aliphatic rings. The maximum Gasteiger partial charge on any atom is 0.435 e. The topological polar surface area (TPSA) is 85.8 Å². The Balaban J connectivity index is 2.46. The standard InChI is InChI=1S/C14H15F4N5O/c1-13(2,19)7-20-12(24)10-11(14(16,17)18)23(22-21-10)9-5-3-4-8(15)6-9/h3-6H,7,19H2,1-2H3,(H,20,24). The van der Waals surface area contributed by atoms with E-state index in [0.29, 0.717) is 4.68 Å². The van der Waals surface area contributed by atoms with Crippen LogP contribution in [0.5, 0.6) is 0 Å². The molecule has 0 fully saturated rings. The van der Waals surface area contributed by atoms with Crippen LogP contribution >= 0.6 is 0 Å². The number of nitrogens with two attached hydrogens (primary N) is 1. The van der Waals surface area contributed by atoms with E-state index in [0.717, 1.165) is 12.1 Å². The molecule has 0 saturated heterocycles. The van der Waals surface area contributed by atoms with Gasteiger partial charge in [0.1, 0.15) is 5.82 Å². The fourth-order valence-corrected chi connectivity index (χ4v) is 1.87. The third kappa shape index (κ3) is 4.07. The van der Waals surface area contributed by atoms with E-state index in [2.05, 4.69) is 15.6 Å². The summed E-state index contributed by atoms with van der Waals surface area (Å²) in [6.07, 6.45) is -4.92.